The van der Waals surface area contributed by atoms with Crippen molar-refractivity contribution in [2.45, 2.75) is 46.2 Å². The Balaban J connectivity index is 3.87. The van der Waals surface area contributed by atoms with Gasteiger partial charge >= 0.3 is 0 Å². The van der Waals surface area contributed by atoms with E-state index in [1.165, 1.54) is 0 Å². The van der Waals surface area contributed by atoms with Gasteiger partial charge in [0, 0.05) is 6.04 Å². The summed E-state index contributed by atoms with van der Waals surface area (Å²) in [6.07, 6.45) is 0.941. The lowest BCUT2D eigenvalue weighted by Gasteiger charge is -2.18. The molecule has 0 saturated heterocycles. The highest BCUT2D eigenvalue weighted by Crippen LogP contribution is 1.99. The third kappa shape index (κ3) is 3.72. The second kappa shape index (κ2) is 5.14. The van der Waals surface area contributed by atoms with Crippen molar-refractivity contribution in [3.63, 3.8) is 0 Å². The average molecular weight is 172 g/mol. The Kier molecular flexibility index (Phi) is 4.90. The van der Waals surface area contributed by atoms with Gasteiger partial charge in [-0.3, -0.25) is 4.79 Å². The lowest BCUT2D eigenvalue weighted by Crippen LogP contribution is -2.46. The van der Waals surface area contributed by atoms with Gasteiger partial charge in [0.05, 0.1) is 6.04 Å². The second-order valence-electron chi connectivity index (χ2n) is 3.59. The monoisotopic (exact) mass is 172 g/mol. The molecule has 0 aromatic rings. The van der Waals surface area contributed by atoms with Gasteiger partial charge in [-0.1, -0.05) is 20.8 Å². The van der Waals surface area contributed by atoms with Gasteiger partial charge in [-0.25, -0.2) is 0 Å². The fourth-order valence-electron chi connectivity index (χ4n) is 0.744. The molecule has 12 heavy (non-hydrogen) atoms. The van der Waals surface area contributed by atoms with Crippen molar-refractivity contribution in [2.24, 2.45) is 11.7 Å². The van der Waals surface area contributed by atoms with Crippen molar-refractivity contribution >= 4 is 5.91 Å². The van der Waals surface area contributed by atoms with E-state index in [0.717, 1.165) is 6.42 Å². The first-order valence-corrected chi connectivity index (χ1v) is 4.55. The summed E-state index contributed by atoms with van der Waals surface area (Å²) >= 11 is 0. The van der Waals surface area contributed by atoms with Crippen molar-refractivity contribution < 1.29 is 4.79 Å². The largest absolute Gasteiger partial charge is 0.352 e. The first-order chi connectivity index (χ1) is 5.49. The van der Waals surface area contributed by atoms with Crippen LogP contribution in [0.3, 0.4) is 0 Å². The van der Waals surface area contributed by atoms with Crippen LogP contribution in [0, 0.1) is 5.92 Å². The predicted molar refractivity (Wildman–Crippen MR) is 50.7 cm³/mol. The molecule has 0 unspecified atom stereocenters. The lowest BCUT2D eigenvalue weighted by atomic mass is 10.0. The molecule has 0 aliphatic rings. The van der Waals surface area contributed by atoms with Crippen molar-refractivity contribution in [3.05, 3.63) is 0 Å². The zero-order chi connectivity index (χ0) is 9.72. The Morgan fingerprint density at radius 1 is 1.42 bits per heavy atom. The minimum absolute atomic E-state index is 0.0423. The topological polar surface area (TPSA) is 55.1 Å². The van der Waals surface area contributed by atoms with Crippen LogP contribution in [0.2, 0.25) is 0 Å². The van der Waals surface area contributed by atoms with Gasteiger partial charge in [0.15, 0.2) is 0 Å². The van der Waals surface area contributed by atoms with E-state index in [1.807, 2.05) is 27.7 Å². The molecule has 0 saturated carbocycles. The van der Waals surface area contributed by atoms with E-state index in [9.17, 15) is 4.79 Å². The number of hydrogen-bond acceptors (Lipinski definition) is 2. The van der Waals surface area contributed by atoms with Crippen LogP contribution in [0.1, 0.15) is 34.1 Å². The Bertz CT molecular complexity index is 145. The van der Waals surface area contributed by atoms with Gasteiger partial charge in [0.25, 0.3) is 0 Å². The normalized spacial score (nSPS) is 15.8. The lowest BCUT2D eigenvalue weighted by molar-refractivity contribution is -0.123. The number of hydrogen-bond donors (Lipinski definition) is 2. The van der Waals surface area contributed by atoms with Crippen LogP contribution in [-0.2, 0) is 4.79 Å². The highest BCUT2D eigenvalue weighted by molar-refractivity contribution is 5.81. The maximum absolute atomic E-state index is 11.3. The summed E-state index contributed by atoms with van der Waals surface area (Å²) in [6.45, 7) is 7.90. The molecule has 3 heteroatoms. The predicted octanol–water partition coefficient (Wildman–Crippen LogP) is 0.884. The molecule has 0 aromatic carbocycles. The SMILES string of the molecule is CC[C@H](C)NC(=O)[C@H](N)C(C)C. The van der Waals surface area contributed by atoms with Crippen molar-refractivity contribution in [1.82, 2.24) is 5.32 Å². The number of carbonyl (C=O) groups excluding carboxylic acids is 1. The van der Waals surface area contributed by atoms with Gasteiger partial charge in [-0.2, -0.15) is 0 Å². The van der Waals surface area contributed by atoms with Crippen molar-refractivity contribution in [3.8, 4) is 0 Å². The molecule has 0 spiro atoms. The molecule has 1 amide bonds. The smallest absolute Gasteiger partial charge is 0.237 e. The van der Waals surface area contributed by atoms with Crippen LogP contribution in [0.25, 0.3) is 0 Å². The maximum atomic E-state index is 11.3. The van der Waals surface area contributed by atoms with Crippen molar-refractivity contribution in [1.29, 1.82) is 0 Å². The molecule has 0 rings (SSSR count). The molecule has 0 radical (unpaired) electrons. The van der Waals surface area contributed by atoms with Crippen LogP contribution < -0.4 is 11.1 Å². The molecule has 3 N–H and O–H groups in total. The van der Waals surface area contributed by atoms with Gasteiger partial charge in [0.2, 0.25) is 5.91 Å². The highest BCUT2D eigenvalue weighted by Gasteiger charge is 2.17. The summed E-state index contributed by atoms with van der Waals surface area (Å²) in [6, 6.07) is -0.152. The molecule has 0 heterocycles. The standard InChI is InChI=1S/C9H20N2O/c1-5-7(4)11-9(12)8(10)6(2)3/h6-8H,5,10H2,1-4H3,(H,11,12)/t7-,8+/m0/s1. The van der Waals surface area contributed by atoms with E-state index in [0.29, 0.717) is 0 Å². The van der Waals surface area contributed by atoms with Crippen LogP contribution in [-0.4, -0.2) is 18.0 Å². The summed E-state index contributed by atoms with van der Waals surface area (Å²) in [4.78, 5) is 11.3. The first-order valence-electron chi connectivity index (χ1n) is 4.55. The second-order valence-corrected chi connectivity index (χ2v) is 3.59. The van der Waals surface area contributed by atoms with Crippen LogP contribution in [0.15, 0.2) is 0 Å². The molecule has 0 aliphatic heterocycles. The van der Waals surface area contributed by atoms with Gasteiger partial charge in [-0.15, -0.1) is 0 Å². The zero-order valence-electron chi connectivity index (χ0n) is 8.42. The molecule has 2 atom stereocenters. The summed E-state index contributed by atoms with van der Waals surface area (Å²) in [5, 5.41) is 2.85. The summed E-state index contributed by atoms with van der Waals surface area (Å²) < 4.78 is 0. The number of nitrogens with two attached hydrogens (primary N) is 1. The molecular weight excluding hydrogens is 152 g/mol. The summed E-state index contributed by atoms with van der Waals surface area (Å²) in [7, 11) is 0. The fourth-order valence-corrected chi connectivity index (χ4v) is 0.744. The highest BCUT2D eigenvalue weighted by atomic mass is 16.2. The summed E-state index contributed by atoms with van der Waals surface area (Å²) in [5.74, 6) is 0.161. The van der Waals surface area contributed by atoms with Gasteiger partial charge < -0.3 is 11.1 Å². The number of nitrogens with one attached hydrogen (secondary N) is 1. The quantitative estimate of drug-likeness (QED) is 0.661. The molecule has 0 fully saturated rings. The van der Waals surface area contributed by atoms with Crippen LogP contribution in [0.4, 0.5) is 0 Å². The number of carbonyl (C=O) groups is 1. The number of amides is 1. The van der Waals surface area contributed by atoms with E-state index in [2.05, 4.69) is 5.32 Å². The Hall–Kier alpha value is -0.570. The Labute approximate surface area is 74.7 Å². The van der Waals surface area contributed by atoms with Crippen LogP contribution >= 0.6 is 0 Å². The molecule has 0 aliphatic carbocycles. The van der Waals surface area contributed by atoms with Crippen molar-refractivity contribution in [2.75, 3.05) is 0 Å². The molecule has 0 aromatic heterocycles. The zero-order valence-corrected chi connectivity index (χ0v) is 8.42. The maximum Gasteiger partial charge on any atom is 0.237 e. The summed E-state index contributed by atoms with van der Waals surface area (Å²) in [5.41, 5.74) is 5.65. The molecule has 3 nitrogen and oxygen atoms in total. The Morgan fingerprint density at radius 2 is 1.92 bits per heavy atom. The van der Waals surface area contributed by atoms with Gasteiger partial charge in [-0.05, 0) is 19.3 Å². The fraction of sp³-hybridized carbons (Fsp3) is 0.889. The van der Waals surface area contributed by atoms with Crippen LogP contribution in [0.5, 0.6) is 0 Å². The first kappa shape index (κ1) is 11.4. The van der Waals surface area contributed by atoms with Gasteiger partial charge in [0.1, 0.15) is 0 Å². The van der Waals surface area contributed by atoms with E-state index in [-0.39, 0.29) is 23.9 Å². The molecular formula is C9H20N2O. The molecule has 0 bridgehead atoms. The third-order valence-corrected chi connectivity index (χ3v) is 2.02. The third-order valence-electron chi connectivity index (χ3n) is 2.02. The van der Waals surface area contributed by atoms with E-state index < -0.39 is 0 Å². The van der Waals surface area contributed by atoms with E-state index in [4.69, 9.17) is 5.73 Å². The minimum Gasteiger partial charge on any atom is -0.352 e. The van der Waals surface area contributed by atoms with E-state index in [1.54, 1.807) is 0 Å². The van der Waals surface area contributed by atoms with E-state index >= 15 is 0 Å². The average Bonchev–Trinajstić information content (AvgIpc) is 2.02. The number of rotatable bonds is 4. The minimum atomic E-state index is -0.376. The molecule has 72 valence electrons. The Morgan fingerprint density at radius 3 is 2.25 bits per heavy atom.